The van der Waals surface area contributed by atoms with Crippen molar-refractivity contribution in [3.05, 3.63) is 0 Å². The van der Waals surface area contributed by atoms with E-state index in [1.54, 1.807) is 7.11 Å². The number of methoxy groups -OCH3 is 1. The Morgan fingerprint density at radius 1 is 1.16 bits per heavy atom. The molecule has 1 aliphatic heterocycles. The molecule has 5 nitrogen and oxygen atoms in total. The predicted molar refractivity (Wildman–Crippen MR) is 117 cm³/mol. The SMILES string of the molecule is CCC1CCCC(NC(=NC)NCC2CCN(CCOC)CC2)C1.I. The lowest BCUT2D eigenvalue weighted by molar-refractivity contribution is 0.120. The van der Waals surface area contributed by atoms with E-state index in [0.29, 0.717) is 6.04 Å². The maximum Gasteiger partial charge on any atom is 0.191 e. The normalized spacial score (nSPS) is 26.1. The lowest BCUT2D eigenvalue weighted by Gasteiger charge is -2.33. The van der Waals surface area contributed by atoms with Gasteiger partial charge in [0.15, 0.2) is 5.96 Å². The minimum Gasteiger partial charge on any atom is -0.383 e. The van der Waals surface area contributed by atoms with E-state index in [2.05, 4.69) is 27.4 Å². The van der Waals surface area contributed by atoms with Crippen molar-refractivity contribution >= 4 is 29.9 Å². The van der Waals surface area contributed by atoms with Crippen molar-refractivity contribution in [1.29, 1.82) is 0 Å². The number of halogens is 1. The van der Waals surface area contributed by atoms with Gasteiger partial charge in [-0.15, -0.1) is 24.0 Å². The molecule has 2 rings (SSSR count). The topological polar surface area (TPSA) is 48.9 Å². The van der Waals surface area contributed by atoms with E-state index >= 15 is 0 Å². The molecule has 2 aliphatic rings. The average molecular weight is 466 g/mol. The number of piperidine rings is 1. The molecule has 2 atom stereocenters. The molecule has 2 fully saturated rings. The summed E-state index contributed by atoms with van der Waals surface area (Å²) < 4.78 is 5.17. The highest BCUT2D eigenvalue weighted by Crippen LogP contribution is 2.26. The molecule has 1 heterocycles. The Balaban J connectivity index is 0.00000312. The predicted octanol–water partition coefficient (Wildman–Crippen LogP) is 3.10. The molecule has 0 aromatic heterocycles. The third-order valence-corrected chi connectivity index (χ3v) is 5.80. The van der Waals surface area contributed by atoms with Crippen molar-refractivity contribution in [3.8, 4) is 0 Å². The second-order valence-electron chi connectivity index (χ2n) is 7.51. The van der Waals surface area contributed by atoms with Crippen LogP contribution >= 0.6 is 24.0 Å². The van der Waals surface area contributed by atoms with Crippen molar-refractivity contribution in [2.75, 3.05) is 46.9 Å². The number of hydrogen-bond acceptors (Lipinski definition) is 3. The quantitative estimate of drug-likeness (QED) is 0.344. The first-order valence-corrected chi connectivity index (χ1v) is 9.93. The van der Waals surface area contributed by atoms with Crippen LogP contribution in [0.2, 0.25) is 0 Å². The first-order chi connectivity index (χ1) is 11.7. The van der Waals surface area contributed by atoms with E-state index in [0.717, 1.165) is 37.5 Å². The fourth-order valence-corrected chi connectivity index (χ4v) is 4.06. The lowest BCUT2D eigenvalue weighted by atomic mass is 9.84. The number of ether oxygens (including phenoxy) is 1. The molecular weight excluding hydrogens is 427 g/mol. The van der Waals surface area contributed by atoms with Crippen molar-refractivity contribution in [3.63, 3.8) is 0 Å². The summed E-state index contributed by atoms with van der Waals surface area (Å²) in [7, 11) is 3.67. The Labute approximate surface area is 171 Å². The summed E-state index contributed by atoms with van der Waals surface area (Å²) in [4.78, 5) is 6.95. The summed E-state index contributed by atoms with van der Waals surface area (Å²) in [5, 5.41) is 7.23. The van der Waals surface area contributed by atoms with Gasteiger partial charge in [-0.1, -0.05) is 26.2 Å². The summed E-state index contributed by atoms with van der Waals surface area (Å²) in [6.07, 6.45) is 9.20. The first kappa shape index (κ1) is 23.0. The number of nitrogens with one attached hydrogen (secondary N) is 2. The number of guanidine groups is 1. The molecule has 1 saturated heterocycles. The summed E-state index contributed by atoms with van der Waals surface area (Å²) in [5.74, 6) is 2.65. The molecule has 1 saturated carbocycles. The van der Waals surface area contributed by atoms with Crippen LogP contribution in [0.15, 0.2) is 4.99 Å². The van der Waals surface area contributed by atoms with E-state index < -0.39 is 0 Å². The van der Waals surface area contributed by atoms with Gasteiger partial charge in [0.1, 0.15) is 0 Å². The number of hydrogen-bond donors (Lipinski definition) is 2. The maximum atomic E-state index is 5.17. The third kappa shape index (κ3) is 8.43. The van der Waals surface area contributed by atoms with Crippen LogP contribution in [0, 0.1) is 11.8 Å². The first-order valence-electron chi connectivity index (χ1n) is 9.93. The highest BCUT2D eigenvalue weighted by atomic mass is 127. The summed E-state index contributed by atoms with van der Waals surface area (Å²) in [5.41, 5.74) is 0. The van der Waals surface area contributed by atoms with Gasteiger partial charge in [-0.05, 0) is 50.6 Å². The molecule has 0 bridgehead atoms. The molecule has 6 heteroatoms. The molecule has 0 aromatic rings. The largest absolute Gasteiger partial charge is 0.383 e. The monoisotopic (exact) mass is 466 g/mol. The van der Waals surface area contributed by atoms with Gasteiger partial charge in [0, 0.05) is 33.3 Å². The highest BCUT2D eigenvalue weighted by molar-refractivity contribution is 14.0. The van der Waals surface area contributed by atoms with Crippen LogP contribution < -0.4 is 10.6 Å². The van der Waals surface area contributed by atoms with E-state index in [4.69, 9.17) is 4.74 Å². The molecule has 25 heavy (non-hydrogen) atoms. The standard InChI is InChI=1S/C19H38N4O.HI/c1-4-16-6-5-7-18(14-16)22-19(20-2)21-15-17-8-10-23(11-9-17)12-13-24-3;/h16-18H,4-15H2,1-3H3,(H2,20,21,22);1H. The smallest absolute Gasteiger partial charge is 0.191 e. The van der Waals surface area contributed by atoms with E-state index in [9.17, 15) is 0 Å². The zero-order valence-corrected chi connectivity index (χ0v) is 18.8. The molecule has 148 valence electrons. The molecule has 1 aliphatic carbocycles. The van der Waals surface area contributed by atoms with Gasteiger partial charge in [-0.25, -0.2) is 0 Å². The summed E-state index contributed by atoms with van der Waals surface area (Å²) in [6, 6.07) is 0.603. The number of likely N-dealkylation sites (tertiary alicyclic amines) is 1. The van der Waals surface area contributed by atoms with Gasteiger partial charge in [0.05, 0.1) is 6.61 Å². The van der Waals surface area contributed by atoms with E-state index in [1.807, 2.05) is 7.05 Å². The van der Waals surface area contributed by atoms with Crippen molar-refractivity contribution in [2.45, 2.75) is 57.9 Å². The maximum absolute atomic E-state index is 5.17. The molecular formula is C19H39IN4O. The van der Waals surface area contributed by atoms with Crippen LogP contribution in [0.5, 0.6) is 0 Å². The van der Waals surface area contributed by atoms with Crippen LogP contribution in [-0.2, 0) is 4.74 Å². The fourth-order valence-electron chi connectivity index (χ4n) is 4.06. The van der Waals surface area contributed by atoms with E-state index in [1.165, 1.54) is 58.0 Å². The number of rotatable bonds is 7. The zero-order valence-electron chi connectivity index (χ0n) is 16.4. The Bertz CT molecular complexity index is 372. The highest BCUT2D eigenvalue weighted by Gasteiger charge is 2.22. The zero-order chi connectivity index (χ0) is 17.2. The number of aliphatic imine (C=N–C) groups is 1. The van der Waals surface area contributed by atoms with Gasteiger partial charge >= 0.3 is 0 Å². The Morgan fingerprint density at radius 3 is 2.56 bits per heavy atom. The van der Waals surface area contributed by atoms with Gasteiger partial charge in [-0.3, -0.25) is 4.99 Å². The summed E-state index contributed by atoms with van der Waals surface area (Å²) in [6.45, 7) is 7.67. The molecule has 0 amide bonds. The Hall–Kier alpha value is -0.0800. The van der Waals surface area contributed by atoms with Crippen LogP contribution in [0.1, 0.15) is 51.9 Å². The van der Waals surface area contributed by atoms with Gasteiger partial charge in [0.25, 0.3) is 0 Å². The molecule has 2 unspecified atom stereocenters. The second-order valence-corrected chi connectivity index (χ2v) is 7.51. The molecule has 0 spiro atoms. The van der Waals surface area contributed by atoms with Crippen LogP contribution in [0.3, 0.4) is 0 Å². The third-order valence-electron chi connectivity index (χ3n) is 5.80. The van der Waals surface area contributed by atoms with Crippen molar-refractivity contribution in [1.82, 2.24) is 15.5 Å². The lowest BCUT2D eigenvalue weighted by Crippen LogP contribution is -2.47. The fraction of sp³-hybridized carbons (Fsp3) is 0.947. The van der Waals surface area contributed by atoms with Crippen LogP contribution in [0.25, 0.3) is 0 Å². The van der Waals surface area contributed by atoms with Crippen molar-refractivity contribution < 1.29 is 4.74 Å². The van der Waals surface area contributed by atoms with Gasteiger partial charge in [0.2, 0.25) is 0 Å². The molecule has 0 radical (unpaired) electrons. The van der Waals surface area contributed by atoms with Crippen LogP contribution in [0.4, 0.5) is 0 Å². The number of nitrogens with zero attached hydrogens (tertiary/aromatic N) is 2. The minimum atomic E-state index is 0. The Morgan fingerprint density at radius 2 is 1.92 bits per heavy atom. The Kier molecular flexibility index (Phi) is 12.1. The van der Waals surface area contributed by atoms with Crippen molar-refractivity contribution in [2.24, 2.45) is 16.8 Å². The van der Waals surface area contributed by atoms with Gasteiger partial charge < -0.3 is 20.3 Å². The van der Waals surface area contributed by atoms with Crippen LogP contribution in [-0.4, -0.2) is 63.8 Å². The molecule has 2 N–H and O–H groups in total. The van der Waals surface area contributed by atoms with Gasteiger partial charge in [-0.2, -0.15) is 0 Å². The average Bonchev–Trinajstić information content (AvgIpc) is 2.64. The van der Waals surface area contributed by atoms with E-state index in [-0.39, 0.29) is 24.0 Å². The summed E-state index contributed by atoms with van der Waals surface area (Å²) >= 11 is 0. The molecule has 0 aromatic carbocycles. The minimum absolute atomic E-state index is 0. The second kappa shape index (κ2) is 13.1.